The van der Waals surface area contributed by atoms with E-state index in [1.54, 1.807) is 31.4 Å². The van der Waals surface area contributed by atoms with Gasteiger partial charge >= 0.3 is 6.18 Å². The number of carbonyl (C=O) groups excluding carboxylic acids is 1. The van der Waals surface area contributed by atoms with Gasteiger partial charge in [0.05, 0.1) is 23.4 Å². The normalized spacial score (nSPS) is 12.1. The lowest BCUT2D eigenvalue weighted by Crippen LogP contribution is -2.20. The fourth-order valence-corrected chi connectivity index (χ4v) is 5.65. The van der Waals surface area contributed by atoms with Crippen LogP contribution in [-0.2, 0) is 23.9 Å². The van der Waals surface area contributed by atoms with Crippen molar-refractivity contribution in [1.82, 2.24) is 14.8 Å². The Labute approximate surface area is 255 Å². The monoisotopic (exact) mass is 622 g/mol. The van der Waals surface area contributed by atoms with E-state index in [2.05, 4.69) is 15.5 Å². The molecule has 0 aliphatic rings. The van der Waals surface area contributed by atoms with Gasteiger partial charge < -0.3 is 14.6 Å². The second-order valence-electron chi connectivity index (χ2n) is 9.51. The fraction of sp³-hybridized carbons (Fsp3) is 0.156. The summed E-state index contributed by atoms with van der Waals surface area (Å²) in [6.07, 6.45) is -3.91. The third-order valence-electron chi connectivity index (χ3n) is 6.65. The van der Waals surface area contributed by atoms with Crippen molar-refractivity contribution in [2.45, 2.75) is 29.5 Å². The van der Waals surface area contributed by atoms with Gasteiger partial charge in [0.1, 0.15) is 11.0 Å². The number of nitrogens with zero attached hydrogens (tertiary/aromatic N) is 3. The lowest BCUT2D eigenvalue weighted by atomic mass is 10.1. The van der Waals surface area contributed by atoms with Crippen LogP contribution >= 0.6 is 23.4 Å². The van der Waals surface area contributed by atoms with Gasteiger partial charge in [0.2, 0.25) is 5.91 Å². The van der Waals surface area contributed by atoms with E-state index >= 15 is 0 Å². The summed E-state index contributed by atoms with van der Waals surface area (Å²) in [7, 11) is 1.59. The minimum Gasteiger partial charge on any atom is -0.497 e. The standard InChI is InChI=1S/C32H26ClF3N4O2S/c1-42-25-15-12-23(13-16-25)29-38-39-31(40(29)19-18-21-8-4-2-5-9-21)43-28(22-10-6-3-7-11-22)30(41)37-27-20-24(32(34,35)36)14-17-26(27)33/h2-17,20,28H,18-19H2,1H3,(H,37,41). The molecule has 0 aliphatic heterocycles. The van der Waals surface area contributed by atoms with Gasteiger partial charge in [0, 0.05) is 12.1 Å². The first-order valence-corrected chi connectivity index (χ1v) is 14.5. The minimum atomic E-state index is -4.59. The van der Waals surface area contributed by atoms with Crippen LogP contribution in [0.25, 0.3) is 11.4 Å². The number of methoxy groups -OCH3 is 1. The maximum absolute atomic E-state index is 13.7. The van der Waals surface area contributed by atoms with Crippen LogP contribution in [0.3, 0.4) is 0 Å². The average Bonchev–Trinajstić information content (AvgIpc) is 3.42. The van der Waals surface area contributed by atoms with Crippen molar-refractivity contribution >= 4 is 35.0 Å². The van der Waals surface area contributed by atoms with Crippen LogP contribution in [0.2, 0.25) is 5.02 Å². The molecule has 1 unspecified atom stereocenters. The second-order valence-corrected chi connectivity index (χ2v) is 11.0. The summed E-state index contributed by atoms with van der Waals surface area (Å²) in [5, 5.41) is 11.1. The maximum atomic E-state index is 13.7. The number of benzene rings is 4. The highest BCUT2D eigenvalue weighted by Crippen LogP contribution is 2.39. The fourth-order valence-electron chi connectivity index (χ4n) is 4.42. The molecule has 0 aliphatic carbocycles. The molecule has 11 heteroatoms. The summed E-state index contributed by atoms with van der Waals surface area (Å²) >= 11 is 7.35. The number of amides is 1. The molecule has 5 rings (SSSR count). The van der Waals surface area contributed by atoms with E-state index in [4.69, 9.17) is 16.3 Å². The molecule has 0 bridgehead atoms. The van der Waals surface area contributed by atoms with Gasteiger partial charge in [0.15, 0.2) is 11.0 Å². The second kappa shape index (κ2) is 13.4. The topological polar surface area (TPSA) is 69.0 Å². The molecule has 6 nitrogen and oxygen atoms in total. The number of aromatic nitrogens is 3. The molecule has 1 heterocycles. The first kappa shape index (κ1) is 30.2. The molecule has 0 fully saturated rings. The molecule has 1 N–H and O–H groups in total. The average molecular weight is 623 g/mol. The van der Waals surface area contributed by atoms with Crippen LogP contribution in [0.5, 0.6) is 5.75 Å². The molecule has 43 heavy (non-hydrogen) atoms. The van der Waals surface area contributed by atoms with Gasteiger partial charge in [-0.3, -0.25) is 4.79 Å². The van der Waals surface area contributed by atoms with Gasteiger partial charge in [-0.1, -0.05) is 84.0 Å². The van der Waals surface area contributed by atoms with Crippen LogP contribution < -0.4 is 10.1 Å². The molecule has 4 aromatic carbocycles. The zero-order valence-electron chi connectivity index (χ0n) is 22.9. The van der Waals surface area contributed by atoms with E-state index in [0.29, 0.717) is 35.3 Å². The molecule has 5 aromatic rings. The van der Waals surface area contributed by atoms with Crippen molar-refractivity contribution in [1.29, 1.82) is 0 Å². The number of halogens is 4. The highest BCUT2D eigenvalue weighted by atomic mass is 35.5. The van der Waals surface area contributed by atoms with E-state index < -0.39 is 22.9 Å². The summed E-state index contributed by atoms with van der Waals surface area (Å²) < 4.78 is 47.4. The van der Waals surface area contributed by atoms with Crippen molar-refractivity contribution in [2.24, 2.45) is 0 Å². The molecule has 1 amide bonds. The van der Waals surface area contributed by atoms with Crippen molar-refractivity contribution in [3.05, 3.63) is 125 Å². The first-order chi connectivity index (χ1) is 20.7. The Morgan fingerprint density at radius 3 is 2.28 bits per heavy atom. The van der Waals surface area contributed by atoms with E-state index in [9.17, 15) is 18.0 Å². The summed E-state index contributed by atoms with van der Waals surface area (Å²) in [4.78, 5) is 13.7. The Morgan fingerprint density at radius 2 is 1.63 bits per heavy atom. The number of alkyl halides is 3. The third-order valence-corrected chi connectivity index (χ3v) is 8.21. The lowest BCUT2D eigenvalue weighted by Gasteiger charge is -2.19. The largest absolute Gasteiger partial charge is 0.497 e. The number of hydrogen-bond donors (Lipinski definition) is 1. The quantitative estimate of drug-likeness (QED) is 0.159. The van der Waals surface area contributed by atoms with Crippen molar-refractivity contribution in [3.63, 3.8) is 0 Å². The van der Waals surface area contributed by atoms with Crippen LogP contribution in [0.1, 0.15) is 21.9 Å². The highest BCUT2D eigenvalue weighted by molar-refractivity contribution is 8.00. The Kier molecular flexibility index (Phi) is 9.37. The SMILES string of the molecule is COc1ccc(-c2nnc(SC(C(=O)Nc3cc(C(F)(F)F)ccc3Cl)c3ccccc3)n2CCc2ccccc2)cc1. The molecule has 0 spiro atoms. The Balaban J connectivity index is 1.50. The van der Waals surface area contributed by atoms with Crippen LogP contribution in [0.15, 0.2) is 108 Å². The number of aryl methyl sites for hydroxylation is 1. The molecule has 220 valence electrons. The zero-order chi connectivity index (χ0) is 30.4. The minimum absolute atomic E-state index is 0.00835. The Hall–Kier alpha value is -4.28. The van der Waals surface area contributed by atoms with Gasteiger partial charge in [0.25, 0.3) is 0 Å². The number of carbonyl (C=O) groups is 1. The number of hydrogen-bond acceptors (Lipinski definition) is 5. The smallest absolute Gasteiger partial charge is 0.416 e. The Bertz CT molecular complexity index is 1680. The molecular formula is C32H26ClF3N4O2S. The number of nitrogens with one attached hydrogen (secondary N) is 1. The number of anilines is 1. The van der Waals surface area contributed by atoms with Gasteiger partial charge in [-0.25, -0.2) is 0 Å². The number of thioether (sulfide) groups is 1. The third kappa shape index (κ3) is 7.39. The highest BCUT2D eigenvalue weighted by Gasteiger charge is 2.32. The summed E-state index contributed by atoms with van der Waals surface area (Å²) in [6, 6.07) is 29.1. The molecule has 0 radical (unpaired) electrons. The number of ether oxygens (including phenoxy) is 1. The first-order valence-electron chi connectivity index (χ1n) is 13.2. The maximum Gasteiger partial charge on any atom is 0.416 e. The van der Waals surface area contributed by atoms with Crippen molar-refractivity contribution < 1.29 is 22.7 Å². The molecule has 1 atom stereocenters. The summed E-state index contributed by atoms with van der Waals surface area (Å²) in [6.45, 7) is 0.517. The number of rotatable bonds is 10. The Morgan fingerprint density at radius 1 is 0.953 bits per heavy atom. The predicted molar refractivity (Wildman–Crippen MR) is 162 cm³/mol. The van der Waals surface area contributed by atoms with Crippen LogP contribution in [0.4, 0.5) is 18.9 Å². The molecule has 1 aromatic heterocycles. The van der Waals surface area contributed by atoms with Gasteiger partial charge in [-0.2, -0.15) is 13.2 Å². The van der Waals surface area contributed by atoms with E-state index in [1.807, 2.05) is 65.2 Å². The summed E-state index contributed by atoms with van der Waals surface area (Å²) in [5.74, 6) is 0.748. The van der Waals surface area contributed by atoms with E-state index in [0.717, 1.165) is 41.1 Å². The molecule has 0 saturated heterocycles. The van der Waals surface area contributed by atoms with Crippen molar-refractivity contribution in [3.8, 4) is 17.1 Å². The van der Waals surface area contributed by atoms with Gasteiger partial charge in [-0.15, -0.1) is 10.2 Å². The van der Waals surface area contributed by atoms with Crippen LogP contribution in [0, 0.1) is 0 Å². The molecule has 0 saturated carbocycles. The van der Waals surface area contributed by atoms with Crippen molar-refractivity contribution in [2.75, 3.05) is 12.4 Å². The van der Waals surface area contributed by atoms with Gasteiger partial charge in [-0.05, 0) is 60.0 Å². The summed E-state index contributed by atoms with van der Waals surface area (Å²) in [5.41, 5.74) is 1.51. The van der Waals surface area contributed by atoms with E-state index in [-0.39, 0.29) is 10.7 Å². The lowest BCUT2D eigenvalue weighted by molar-refractivity contribution is -0.137. The molecular weight excluding hydrogens is 597 g/mol. The zero-order valence-corrected chi connectivity index (χ0v) is 24.5. The predicted octanol–water partition coefficient (Wildman–Crippen LogP) is 8.34. The van der Waals surface area contributed by atoms with Crippen LogP contribution in [-0.4, -0.2) is 27.8 Å². The van der Waals surface area contributed by atoms with E-state index in [1.165, 1.54) is 0 Å².